The number of ether oxygens (including phenoxy) is 1. The molecule has 1 aliphatic heterocycles. The molecule has 0 saturated carbocycles. The summed E-state index contributed by atoms with van der Waals surface area (Å²) in [6, 6.07) is 1.88. The molecule has 1 saturated heterocycles. The van der Waals surface area contributed by atoms with Crippen molar-refractivity contribution in [3.63, 3.8) is 0 Å². The van der Waals surface area contributed by atoms with Crippen molar-refractivity contribution in [2.24, 2.45) is 0 Å². The third-order valence-electron chi connectivity index (χ3n) is 2.61. The van der Waals surface area contributed by atoms with Crippen LogP contribution in [0.1, 0.15) is 24.3 Å². The van der Waals surface area contributed by atoms with Gasteiger partial charge in [-0.2, -0.15) is 0 Å². The quantitative estimate of drug-likeness (QED) is 0.763. The smallest absolute Gasteiger partial charge is 0.162 e. The minimum atomic E-state index is 0.312. The van der Waals surface area contributed by atoms with E-state index in [0.29, 0.717) is 31.9 Å². The lowest BCUT2D eigenvalue weighted by Gasteiger charge is -2.24. The van der Waals surface area contributed by atoms with Crippen LogP contribution in [-0.4, -0.2) is 36.0 Å². The minimum Gasteiger partial charge on any atom is -0.377 e. The van der Waals surface area contributed by atoms with Gasteiger partial charge in [-0.3, -0.25) is 9.69 Å². The van der Waals surface area contributed by atoms with Gasteiger partial charge in [-0.05, 0) is 13.0 Å². The number of likely N-dealkylation sites (tertiary alicyclic amines) is 1. The van der Waals surface area contributed by atoms with Crippen molar-refractivity contribution < 1.29 is 14.1 Å². The maximum atomic E-state index is 11.3. The molecular weight excluding hydrogens is 208 g/mol. The molecule has 5 heteroatoms. The number of hydrogen-bond acceptors (Lipinski definition) is 5. The van der Waals surface area contributed by atoms with Crippen molar-refractivity contribution in [1.82, 2.24) is 10.1 Å². The van der Waals surface area contributed by atoms with Crippen molar-refractivity contribution >= 4 is 5.78 Å². The van der Waals surface area contributed by atoms with Gasteiger partial charge in [0, 0.05) is 26.1 Å². The molecule has 1 aliphatic rings. The highest BCUT2D eigenvalue weighted by atomic mass is 16.5. The molecule has 0 radical (unpaired) electrons. The van der Waals surface area contributed by atoms with Gasteiger partial charge >= 0.3 is 0 Å². The zero-order valence-electron chi connectivity index (χ0n) is 9.44. The van der Waals surface area contributed by atoms with Gasteiger partial charge in [0.15, 0.2) is 5.76 Å². The Morgan fingerprint density at radius 2 is 2.50 bits per heavy atom. The summed E-state index contributed by atoms with van der Waals surface area (Å²) in [5.74, 6) is 1.03. The van der Waals surface area contributed by atoms with E-state index in [-0.39, 0.29) is 0 Å². The van der Waals surface area contributed by atoms with Crippen LogP contribution in [-0.2, 0) is 22.7 Å². The summed E-state index contributed by atoms with van der Waals surface area (Å²) in [5, 5.41) is 3.95. The lowest BCUT2D eigenvalue weighted by molar-refractivity contribution is -0.122. The third kappa shape index (κ3) is 2.90. The van der Waals surface area contributed by atoms with Gasteiger partial charge in [-0.1, -0.05) is 5.16 Å². The molecule has 1 fully saturated rings. The first kappa shape index (κ1) is 11.3. The predicted molar refractivity (Wildman–Crippen MR) is 56.7 cm³/mol. The molecule has 1 aromatic heterocycles. The van der Waals surface area contributed by atoms with Crippen molar-refractivity contribution in [3.8, 4) is 0 Å². The van der Waals surface area contributed by atoms with Crippen LogP contribution in [0.15, 0.2) is 10.6 Å². The van der Waals surface area contributed by atoms with Crippen LogP contribution in [0.2, 0.25) is 0 Å². The zero-order valence-corrected chi connectivity index (χ0v) is 9.44. The summed E-state index contributed by atoms with van der Waals surface area (Å²) in [7, 11) is 1.62. The molecule has 1 aromatic rings. The summed E-state index contributed by atoms with van der Waals surface area (Å²) in [6.07, 6.45) is 1.66. The van der Waals surface area contributed by atoms with Gasteiger partial charge in [-0.25, -0.2) is 0 Å². The number of hydrogen-bond donors (Lipinski definition) is 0. The molecule has 88 valence electrons. The first-order chi connectivity index (χ1) is 7.78. The molecule has 0 aromatic carbocycles. The van der Waals surface area contributed by atoms with Crippen LogP contribution < -0.4 is 0 Å². The first-order valence-corrected chi connectivity index (χ1v) is 5.45. The normalized spacial score (nSPS) is 17.9. The first-order valence-electron chi connectivity index (χ1n) is 5.45. The lowest BCUT2D eigenvalue weighted by atomic mass is 10.1. The molecule has 0 aliphatic carbocycles. The molecule has 0 spiro atoms. The van der Waals surface area contributed by atoms with Gasteiger partial charge in [0.1, 0.15) is 12.4 Å². The van der Waals surface area contributed by atoms with Gasteiger partial charge < -0.3 is 9.26 Å². The Labute approximate surface area is 94.3 Å². The fraction of sp³-hybridized carbons (Fsp3) is 0.636. The average Bonchev–Trinajstić information content (AvgIpc) is 2.66. The van der Waals surface area contributed by atoms with Gasteiger partial charge in [0.05, 0.1) is 12.2 Å². The Kier molecular flexibility index (Phi) is 3.69. The summed E-state index contributed by atoms with van der Waals surface area (Å²) in [4.78, 5) is 13.4. The number of nitrogens with zero attached hydrogens (tertiary/aromatic N) is 2. The summed E-state index contributed by atoms with van der Waals surface area (Å²) in [6.45, 7) is 2.61. The Bertz CT molecular complexity index is 362. The van der Waals surface area contributed by atoms with E-state index in [9.17, 15) is 4.79 Å². The molecule has 5 nitrogen and oxygen atoms in total. The van der Waals surface area contributed by atoms with Crippen LogP contribution in [0.4, 0.5) is 0 Å². The van der Waals surface area contributed by atoms with Crippen LogP contribution in [0.5, 0.6) is 0 Å². The van der Waals surface area contributed by atoms with Crippen LogP contribution in [0, 0.1) is 0 Å². The van der Waals surface area contributed by atoms with E-state index in [2.05, 4.69) is 10.1 Å². The maximum Gasteiger partial charge on any atom is 0.162 e. The van der Waals surface area contributed by atoms with Gasteiger partial charge in [0.2, 0.25) is 0 Å². The molecular formula is C11H16N2O3. The van der Waals surface area contributed by atoms with E-state index in [1.165, 1.54) is 0 Å². The second-order valence-electron chi connectivity index (χ2n) is 4.07. The number of carbonyl (C=O) groups is 1. The fourth-order valence-corrected chi connectivity index (χ4v) is 1.91. The van der Waals surface area contributed by atoms with Crippen molar-refractivity contribution in [1.29, 1.82) is 0 Å². The molecule has 0 N–H and O–H groups in total. The molecule has 0 bridgehead atoms. The zero-order chi connectivity index (χ0) is 11.4. The molecule has 0 atom stereocenters. The Morgan fingerprint density at radius 1 is 1.62 bits per heavy atom. The molecule has 2 heterocycles. The SMILES string of the molecule is COCc1cc(CN2CCCC(=O)C2)no1. The van der Waals surface area contributed by atoms with E-state index >= 15 is 0 Å². The highest BCUT2D eigenvalue weighted by molar-refractivity contribution is 5.81. The molecule has 2 rings (SSSR count). The number of Topliss-reactive ketones (excluding diaryl/α,β-unsaturated/α-hetero) is 1. The maximum absolute atomic E-state index is 11.3. The van der Waals surface area contributed by atoms with E-state index in [4.69, 9.17) is 9.26 Å². The third-order valence-corrected chi connectivity index (χ3v) is 2.61. The number of aromatic nitrogens is 1. The Hall–Kier alpha value is -1.20. The second-order valence-corrected chi connectivity index (χ2v) is 4.07. The van der Waals surface area contributed by atoms with Crippen molar-refractivity contribution in [2.75, 3.05) is 20.2 Å². The number of piperidine rings is 1. The Morgan fingerprint density at radius 3 is 3.25 bits per heavy atom. The topological polar surface area (TPSA) is 55.6 Å². The standard InChI is InChI=1S/C11H16N2O3/c1-15-8-11-5-9(12-16-11)6-13-4-2-3-10(14)7-13/h5H,2-4,6-8H2,1H3. The van der Waals surface area contributed by atoms with Crippen molar-refractivity contribution in [2.45, 2.75) is 26.0 Å². The second kappa shape index (κ2) is 5.23. The van der Waals surface area contributed by atoms with Crippen molar-refractivity contribution in [3.05, 3.63) is 17.5 Å². The number of methoxy groups -OCH3 is 1. The van der Waals surface area contributed by atoms with E-state index < -0.39 is 0 Å². The number of rotatable bonds is 4. The number of carbonyl (C=O) groups excluding carboxylic acids is 1. The fourth-order valence-electron chi connectivity index (χ4n) is 1.91. The van der Waals surface area contributed by atoms with Crippen LogP contribution >= 0.6 is 0 Å². The van der Waals surface area contributed by atoms with Gasteiger partial charge in [0.25, 0.3) is 0 Å². The number of ketones is 1. The van der Waals surface area contributed by atoms with Gasteiger partial charge in [-0.15, -0.1) is 0 Å². The monoisotopic (exact) mass is 224 g/mol. The molecule has 0 amide bonds. The predicted octanol–water partition coefficient (Wildman–Crippen LogP) is 0.986. The molecule has 16 heavy (non-hydrogen) atoms. The van der Waals surface area contributed by atoms with E-state index in [0.717, 1.165) is 24.4 Å². The Balaban J connectivity index is 1.89. The van der Waals surface area contributed by atoms with Crippen LogP contribution in [0.3, 0.4) is 0 Å². The summed E-state index contributed by atoms with van der Waals surface area (Å²) in [5.41, 5.74) is 0.863. The highest BCUT2D eigenvalue weighted by Crippen LogP contribution is 2.11. The average molecular weight is 224 g/mol. The van der Waals surface area contributed by atoms with E-state index in [1.54, 1.807) is 7.11 Å². The lowest BCUT2D eigenvalue weighted by Crippen LogP contribution is -2.35. The summed E-state index contributed by atoms with van der Waals surface area (Å²) >= 11 is 0. The van der Waals surface area contributed by atoms with E-state index in [1.807, 2.05) is 6.07 Å². The van der Waals surface area contributed by atoms with Crippen LogP contribution in [0.25, 0.3) is 0 Å². The molecule has 0 unspecified atom stereocenters. The minimum absolute atomic E-state index is 0.312. The largest absolute Gasteiger partial charge is 0.377 e. The summed E-state index contributed by atoms with van der Waals surface area (Å²) < 4.78 is 10.0. The highest BCUT2D eigenvalue weighted by Gasteiger charge is 2.18.